The van der Waals surface area contributed by atoms with Crippen molar-refractivity contribution < 1.29 is 0 Å². The first-order valence-electron chi connectivity index (χ1n) is 6.93. The summed E-state index contributed by atoms with van der Waals surface area (Å²) in [4.78, 5) is 8.13. The van der Waals surface area contributed by atoms with Crippen LogP contribution in [-0.4, -0.2) is 9.97 Å². The third-order valence-electron chi connectivity index (χ3n) is 3.42. The lowest BCUT2D eigenvalue weighted by Gasteiger charge is -1.98. The van der Waals surface area contributed by atoms with Gasteiger partial charge in [0.1, 0.15) is 0 Å². The van der Waals surface area contributed by atoms with E-state index in [0.717, 1.165) is 0 Å². The summed E-state index contributed by atoms with van der Waals surface area (Å²) in [5.74, 6) is 0. The molecular weight excluding hydrogens is 256 g/mol. The monoisotopic (exact) mass is 272 g/mol. The minimum Gasteiger partial charge on any atom is -0.264 e. The topological polar surface area (TPSA) is 25.8 Å². The number of rotatable bonds is 0. The lowest BCUT2D eigenvalue weighted by atomic mass is 10.1. The third-order valence-corrected chi connectivity index (χ3v) is 3.42. The number of benzene rings is 2. The van der Waals surface area contributed by atoms with Crippen molar-refractivity contribution in [2.24, 2.45) is 0 Å². The third kappa shape index (κ3) is 3.06. The van der Waals surface area contributed by atoms with E-state index in [4.69, 9.17) is 0 Å². The Kier molecular flexibility index (Phi) is 3.88. The zero-order valence-electron chi connectivity index (χ0n) is 11.9. The van der Waals surface area contributed by atoms with Crippen LogP contribution in [0.25, 0.3) is 21.5 Å². The van der Waals surface area contributed by atoms with Gasteiger partial charge in [-0.3, -0.25) is 9.97 Å². The molecule has 4 rings (SSSR count). The second kappa shape index (κ2) is 6.14. The molecule has 0 amide bonds. The van der Waals surface area contributed by atoms with Crippen LogP contribution in [0.1, 0.15) is 5.56 Å². The van der Waals surface area contributed by atoms with Crippen molar-refractivity contribution in [3.05, 3.63) is 84.9 Å². The Labute approximate surface area is 124 Å². The quantitative estimate of drug-likeness (QED) is 0.460. The molecule has 0 saturated carbocycles. The van der Waals surface area contributed by atoms with E-state index in [1.165, 1.54) is 27.1 Å². The normalized spacial score (nSPS) is 10.1. The van der Waals surface area contributed by atoms with Gasteiger partial charge in [0.15, 0.2) is 0 Å². The number of aromatic nitrogens is 2. The SMILES string of the molecule is Cc1cncc2ccccc12.c1ccc2cnccc2c1. The first-order chi connectivity index (χ1) is 10.3. The molecule has 2 aromatic heterocycles. The predicted octanol–water partition coefficient (Wildman–Crippen LogP) is 4.78. The number of aryl methyl sites for hydroxylation is 1. The van der Waals surface area contributed by atoms with Crippen molar-refractivity contribution in [3.8, 4) is 0 Å². The van der Waals surface area contributed by atoms with Crippen LogP contribution in [0.2, 0.25) is 0 Å². The Morgan fingerprint density at radius 1 is 0.619 bits per heavy atom. The van der Waals surface area contributed by atoms with E-state index >= 15 is 0 Å². The van der Waals surface area contributed by atoms with Crippen LogP contribution in [0.4, 0.5) is 0 Å². The highest BCUT2D eigenvalue weighted by molar-refractivity contribution is 5.84. The highest BCUT2D eigenvalue weighted by atomic mass is 14.6. The van der Waals surface area contributed by atoms with E-state index in [0.29, 0.717) is 0 Å². The van der Waals surface area contributed by atoms with Crippen LogP contribution >= 0.6 is 0 Å². The molecule has 2 aromatic carbocycles. The summed E-state index contributed by atoms with van der Waals surface area (Å²) in [6.45, 7) is 2.08. The van der Waals surface area contributed by atoms with Gasteiger partial charge in [0.25, 0.3) is 0 Å². The molecule has 2 nitrogen and oxygen atoms in total. The molecular formula is C19H16N2. The Balaban J connectivity index is 0.000000126. The van der Waals surface area contributed by atoms with E-state index in [2.05, 4.69) is 47.2 Å². The first-order valence-corrected chi connectivity index (χ1v) is 6.93. The van der Waals surface area contributed by atoms with Crippen LogP contribution in [0.15, 0.2) is 79.4 Å². The minimum absolute atomic E-state index is 1.20. The van der Waals surface area contributed by atoms with Gasteiger partial charge in [-0.25, -0.2) is 0 Å². The molecule has 0 fully saturated rings. The number of nitrogens with zero attached hydrogens (tertiary/aromatic N) is 2. The fraction of sp³-hybridized carbons (Fsp3) is 0.0526. The van der Waals surface area contributed by atoms with Crippen molar-refractivity contribution in [2.75, 3.05) is 0 Å². The zero-order valence-corrected chi connectivity index (χ0v) is 11.9. The van der Waals surface area contributed by atoms with Gasteiger partial charge in [-0.15, -0.1) is 0 Å². The van der Waals surface area contributed by atoms with Gasteiger partial charge < -0.3 is 0 Å². The summed E-state index contributed by atoms with van der Waals surface area (Å²) in [7, 11) is 0. The summed E-state index contributed by atoms with van der Waals surface area (Å²) < 4.78 is 0. The molecule has 0 spiro atoms. The Hall–Kier alpha value is -2.74. The molecule has 0 unspecified atom stereocenters. The minimum atomic E-state index is 1.20. The number of hydrogen-bond donors (Lipinski definition) is 0. The van der Waals surface area contributed by atoms with Crippen molar-refractivity contribution in [3.63, 3.8) is 0 Å². The molecule has 0 atom stereocenters. The van der Waals surface area contributed by atoms with Gasteiger partial charge in [-0.05, 0) is 34.7 Å². The highest BCUT2D eigenvalue weighted by Crippen LogP contribution is 2.15. The summed E-state index contributed by atoms with van der Waals surface area (Å²) in [5, 5.41) is 4.96. The smallest absolute Gasteiger partial charge is 0.0346 e. The Bertz CT molecular complexity index is 798. The molecule has 0 N–H and O–H groups in total. The molecule has 0 bridgehead atoms. The number of fused-ring (bicyclic) bond motifs is 2. The van der Waals surface area contributed by atoms with Gasteiger partial charge in [0.2, 0.25) is 0 Å². The summed E-state index contributed by atoms with van der Waals surface area (Å²) in [6, 6.07) is 18.5. The average Bonchev–Trinajstić information content (AvgIpc) is 2.56. The maximum Gasteiger partial charge on any atom is 0.0346 e. The Morgan fingerprint density at radius 3 is 2.05 bits per heavy atom. The standard InChI is InChI=1S/C10H9N.C9H7N/c1-8-6-11-7-9-4-2-3-5-10(8)9;1-2-4-9-7-10-6-5-8(9)3-1/h2-7H,1H3;1-7H. The van der Waals surface area contributed by atoms with Gasteiger partial charge >= 0.3 is 0 Å². The molecule has 0 aliphatic heterocycles. The average molecular weight is 272 g/mol. The highest BCUT2D eigenvalue weighted by Gasteiger charge is 1.93. The van der Waals surface area contributed by atoms with Crippen LogP contribution in [-0.2, 0) is 0 Å². The van der Waals surface area contributed by atoms with E-state index in [1.807, 2.05) is 49.1 Å². The van der Waals surface area contributed by atoms with Crippen molar-refractivity contribution in [1.29, 1.82) is 0 Å². The second-order valence-electron chi connectivity index (χ2n) is 4.90. The first kappa shape index (κ1) is 13.3. The van der Waals surface area contributed by atoms with Crippen molar-refractivity contribution in [1.82, 2.24) is 9.97 Å². The van der Waals surface area contributed by atoms with Gasteiger partial charge in [0.05, 0.1) is 0 Å². The molecule has 4 aromatic rings. The maximum absolute atomic E-state index is 4.11. The molecule has 102 valence electrons. The summed E-state index contributed by atoms with van der Waals surface area (Å²) in [6.07, 6.45) is 7.46. The lowest BCUT2D eigenvalue weighted by Crippen LogP contribution is -1.79. The molecule has 0 aliphatic carbocycles. The Morgan fingerprint density at radius 2 is 1.29 bits per heavy atom. The van der Waals surface area contributed by atoms with Crippen LogP contribution < -0.4 is 0 Å². The second-order valence-corrected chi connectivity index (χ2v) is 4.90. The largest absolute Gasteiger partial charge is 0.264 e. The van der Waals surface area contributed by atoms with E-state index in [1.54, 1.807) is 0 Å². The molecule has 0 radical (unpaired) electrons. The van der Waals surface area contributed by atoms with Gasteiger partial charge in [-0.1, -0.05) is 48.5 Å². The predicted molar refractivity (Wildman–Crippen MR) is 88.2 cm³/mol. The molecule has 0 saturated heterocycles. The fourth-order valence-corrected chi connectivity index (χ4v) is 2.29. The molecule has 2 heterocycles. The van der Waals surface area contributed by atoms with Gasteiger partial charge in [0, 0.05) is 30.2 Å². The van der Waals surface area contributed by atoms with Crippen LogP contribution in [0, 0.1) is 6.92 Å². The fourth-order valence-electron chi connectivity index (χ4n) is 2.29. The van der Waals surface area contributed by atoms with E-state index in [9.17, 15) is 0 Å². The summed E-state index contributed by atoms with van der Waals surface area (Å²) >= 11 is 0. The van der Waals surface area contributed by atoms with Gasteiger partial charge in [-0.2, -0.15) is 0 Å². The molecule has 2 heteroatoms. The van der Waals surface area contributed by atoms with Crippen molar-refractivity contribution >= 4 is 21.5 Å². The summed E-state index contributed by atoms with van der Waals surface area (Å²) in [5.41, 5.74) is 1.24. The lowest BCUT2D eigenvalue weighted by molar-refractivity contribution is 1.31. The van der Waals surface area contributed by atoms with Crippen molar-refractivity contribution in [2.45, 2.75) is 6.92 Å². The van der Waals surface area contributed by atoms with Crippen LogP contribution in [0.3, 0.4) is 0 Å². The van der Waals surface area contributed by atoms with E-state index < -0.39 is 0 Å². The molecule has 0 aliphatic rings. The van der Waals surface area contributed by atoms with Crippen LogP contribution in [0.5, 0.6) is 0 Å². The number of hydrogen-bond acceptors (Lipinski definition) is 2. The maximum atomic E-state index is 4.11. The van der Waals surface area contributed by atoms with E-state index in [-0.39, 0.29) is 0 Å². The molecule has 21 heavy (non-hydrogen) atoms. The zero-order chi connectivity index (χ0) is 14.5. The number of pyridine rings is 2.